The van der Waals surface area contributed by atoms with Crippen LogP contribution < -0.4 is 11.1 Å². The molecule has 0 aromatic rings. The second-order valence-corrected chi connectivity index (χ2v) is 5.58. The zero-order valence-corrected chi connectivity index (χ0v) is 12.3. The van der Waals surface area contributed by atoms with Crippen LogP contribution in [0.2, 0.25) is 0 Å². The first-order valence-corrected chi connectivity index (χ1v) is 7.34. The van der Waals surface area contributed by atoms with Crippen molar-refractivity contribution in [1.29, 1.82) is 0 Å². The third-order valence-corrected chi connectivity index (χ3v) is 3.53. The van der Waals surface area contributed by atoms with Crippen LogP contribution in [0, 0.1) is 5.92 Å². The molecule has 120 valence electrons. The van der Waals surface area contributed by atoms with Crippen LogP contribution in [0.1, 0.15) is 45.4 Å². The van der Waals surface area contributed by atoms with Crippen LogP contribution in [0.4, 0.5) is 0 Å². The van der Waals surface area contributed by atoms with Gasteiger partial charge in [-0.15, -0.1) is 0 Å². The van der Waals surface area contributed by atoms with Crippen LogP contribution in [-0.2, 0) is 19.1 Å². The van der Waals surface area contributed by atoms with Gasteiger partial charge in [-0.3, -0.25) is 14.4 Å². The Morgan fingerprint density at radius 3 is 2.48 bits per heavy atom. The largest absolute Gasteiger partial charge is 0.481 e. The molecule has 1 amide bonds. The van der Waals surface area contributed by atoms with Gasteiger partial charge in [0, 0.05) is 0 Å². The number of aliphatic carboxylic acids is 1. The summed E-state index contributed by atoms with van der Waals surface area (Å²) in [4.78, 5) is 33.9. The molecule has 7 nitrogen and oxygen atoms in total. The second-order valence-electron chi connectivity index (χ2n) is 5.58. The molecule has 1 saturated carbocycles. The molecular weight excluding hydrogens is 276 g/mol. The number of ether oxygens (including phenoxy) is 1. The third kappa shape index (κ3) is 6.57. The topological polar surface area (TPSA) is 119 Å². The summed E-state index contributed by atoms with van der Waals surface area (Å²) in [6.45, 7) is 1.75. The summed E-state index contributed by atoms with van der Waals surface area (Å²) in [6.07, 6.45) is 4.57. The van der Waals surface area contributed by atoms with Gasteiger partial charge in [-0.05, 0) is 19.8 Å². The van der Waals surface area contributed by atoms with Gasteiger partial charge in [0.1, 0.15) is 6.61 Å². The molecule has 1 aliphatic rings. The maximum absolute atomic E-state index is 11.8. The summed E-state index contributed by atoms with van der Waals surface area (Å²) < 4.78 is 5.19. The van der Waals surface area contributed by atoms with Crippen LogP contribution in [0.5, 0.6) is 0 Å². The fourth-order valence-electron chi connectivity index (χ4n) is 2.34. The summed E-state index contributed by atoms with van der Waals surface area (Å²) in [5.74, 6) is -1.94. The van der Waals surface area contributed by atoms with Gasteiger partial charge in [0.2, 0.25) is 5.91 Å². The van der Waals surface area contributed by atoms with E-state index in [1.807, 2.05) is 0 Å². The third-order valence-electron chi connectivity index (χ3n) is 3.53. The maximum atomic E-state index is 11.8. The van der Waals surface area contributed by atoms with Gasteiger partial charge < -0.3 is 20.9 Å². The van der Waals surface area contributed by atoms with E-state index in [0.29, 0.717) is 0 Å². The van der Waals surface area contributed by atoms with Crippen molar-refractivity contribution in [2.75, 3.05) is 6.61 Å². The molecular formula is C14H24N2O5. The summed E-state index contributed by atoms with van der Waals surface area (Å²) in [5.41, 5.74) is 5.44. The normalized spacial score (nSPS) is 18.6. The molecule has 7 heteroatoms. The minimum atomic E-state index is -1.13. The van der Waals surface area contributed by atoms with Crippen molar-refractivity contribution in [3.8, 4) is 0 Å². The minimum absolute atomic E-state index is 0.0316. The molecule has 2 unspecified atom stereocenters. The van der Waals surface area contributed by atoms with E-state index in [9.17, 15) is 14.4 Å². The van der Waals surface area contributed by atoms with Crippen molar-refractivity contribution in [1.82, 2.24) is 5.32 Å². The Bertz CT molecular complexity index is 380. The van der Waals surface area contributed by atoms with Crippen LogP contribution in [0.15, 0.2) is 0 Å². The van der Waals surface area contributed by atoms with Gasteiger partial charge in [-0.25, -0.2) is 0 Å². The lowest BCUT2D eigenvalue weighted by atomic mass is 9.89. The Balaban J connectivity index is 2.26. The molecule has 0 aliphatic heterocycles. The van der Waals surface area contributed by atoms with Gasteiger partial charge in [0.05, 0.1) is 24.4 Å². The lowest BCUT2D eigenvalue weighted by Gasteiger charge is -2.22. The smallest absolute Gasteiger partial charge is 0.309 e. The standard InChI is InChI=1S/C14H24N2O5/c1-9(16-13(19)11(15)7-12(17)18)8-21-14(20)10-5-3-2-4-6-10/h9-11H,2-8,15H2,1H3,(H,16,19)(H,17,18). The zero-order chi connectivity index (χ0) is 15.8. The number of carboxylic acid groups (broad SMARTS) is 1. The molecule has 0 saturated heterocycles. The predicted molar refractivity (Wildman–Crippen MR) is 75.4 cm³/mol. The summed E-state index contributed by atoms with van der Waals surface area (Å²) in [5, 5.41) is 11.1. The Morgan fingerprint density at radius 1 is 1.29 bits per heavy atom. The number of nitrogens with two attached hydrogens (primary N) is 1. The van der Waals surface area contributed by atoms with Crippen LogP contribution >= 0.6 is 0 Å². The van der Waals surface area contributed by atoms with E-state index in [4.69, 9.17) is 15.6 Å². The van der Waals surface area contributed by atoms with Gasteiger partial charge in [0.25, 0.3) is 0 Å². The van der Waals surface area contributed by atoms with Gasteiger partial charge in [-0.2, -0.15) is 0 Å². The Labute approximate surface area is 124 Å². The molecule has 1 rings (SSSR count). The number of carbonyl (C=O) groups excluding carboxylic acids is 2. The van der Waals surface area contributed by atoms with Gasteiger partial charge in [-0.1, -0.05) is 19.3 Å². The van der Waals surface area contributed by atoms with Crippen molar-refractivity contribution < 1.29 is 24.2 Å². The van der Waals surface area contributed by atoms with E-state index in [-0.39, 0.29) is 18.5 Å². The second kappa shape index (κ2) is 8.61. The highest BCUT2D eigenvalue weighted by atomic mass is 16.5. The minimum Gasteiger partial charge on any atom is -0.481 e. The number of carboxylic acids is 1. The van der Waals surface area contributed by atoms with Crippen molar-refractivity contribution in [2.24, 2.45) is 11.7 Å². The average Bonchev–Trinajstić information content (AvgIpc) is 2.44. The Hall–Kier alpha value is -1.63. The van der Waals surface area contributed by atoms with E-state index in [0.717, 1.165) is 32.1 Å². The molecule has 4 N–H and O–H groups in total. The van der Waals surface area contributed by atoms with Crippen molar-refractivity contribution in [3.63, 3.8) is 0 Å². The van der Waals surface area contributed by atoms with Gasteiger partial charge in [0.15, 0.2) is 0 Å². The Kier molecular flexibility index (Phi) is 7.14. The number of hydrogen-bond acceptors (Lipinski definition) is 5. The molecule has 0 bridgehead atoms. The summed E-state index contributed by atoms with van der Waals surface area (Å²) >= 11 is 0. The van der Waals surface area contributed by atoms with Crippen LogP contribution in [0.25, 0.3) is 0 Å². The summed E-state index contributed by atoms with van der Waals surface area (Å²) in [7, 11) is 0. The molecule has 2 atom stereocenters. The first kappa shape index (κ1) is 17.4. The van der Waals surface area contributed by atoms with Gasteiger partial charge >= 0.3 is 11.9 Å². The lowest BCUT2D eigenvalue weighted by molar-refractivity contribution is -0.150. The Morgan fingerprint density at radius 2 is 1.90 bits per heavy atom. The summed E-state index contributed by atoms with van der Waals surface area (Å²) in [6, 6.07) is -1.50. The fourth-order valence-corrected chi connectivity index (χ4v) is 2.34. The zero-order valence-electron chi connectivity index (χ0n) is 12.3. The van der Waals surface area contributed by atoms with Crippen LogP contribution in [0.3, 0.4) is 0 Å². The molecule has 1 aliphatic carbocycles. The number of esters is 1. The first-order chi connectivity index (χ1) is 9.90. The van der Waals surface area contributed by atoms with E-state index in [1.54, 1.807) is 6.92 Å². The number of carbonyl (C=O) groups is 3. The van der Waals surface area contributed by atoms with E-state index < -0.39 is 30.4 Å². The van der Waals surface area contributed by atoms with E-state index in [2.05, 4.69) is 5.32 Å². The molecule has 21 heavy (non-hydrogen) atoms. The number of hydrogen-bond donors (Lipinski definition) is 3. The molecule has 1 fully saturated rings. The van der Waals surface area contributed by atoms with E-state index in [1.165, 1.54) is 0 Å². The van der Waals surface area contributed by atoms with Crippen LogP contribution in [-0.4, -0.2) is 41.6 Å². The molecule has 0 aromatic heterocycles. The monoisotopic (exact) mass is 300 g/mol. The highest BCUT2D eigenvalue weighted by molar-refractivity contribution is 5.86. The molecule has 0 spiro atoms. The molecule has 0 aromatic carbocycles. The highest BCUT2D eigenvalue weighted by Gasteiger charge is 2.24. The quantitative estimate of drug-likeness (QED) is 0.586. The number of amides is 1. The fraction of sp³-hybridized carbons (Fsp3) is 0.786. The SMILES string of the molecule is CC(COC(=O)C1CCCCC1)NC(=O)C(N)CC(=O)O. The number of nitrogens with one attached hydrogen (secondary N) is 1. The van der Waals surface area contributed by atoms with Crippen molar-refractivity contribution in [2.45, 2.75) is 57.5 Å². The van der Waals surface area contributed by atoms with Crippen molar-refractivity contribution >= 4 is 17.8 Å². The first-order valence-electron chi connectivity index (χ1n) is 7.34. The lowest BCUT2D eigenvalue weighted by Crippen LogP contribution is -2.47. The predicted octanol–water partition coefficient (Wildman–Crippen LogP) is 0.417. The van der Waals surface area contributed by atoms with Crippen molar-refractivity contribution in [3.05, 3.63) is 0 Å². The molecule has 0 heterocycles. The molecule has 0 radical (unpaired) electrons. The average molecular weight is 300 g/mol. The number of rotatable bonds is 7. The highest BCUT2D eigenvalue weighted by Crippen LogP contribution is 2.24. The maximum Gasteiger partial charge on any atom is 0.309 e. The van der Waals surface area contributed by atoms with E-state index >= 15 is 0 Å².